The highest BCUT2D eigenvalue weighted by Gasteiger charge is 2.55. The lowest BCUT2D eigenvalue weighted by Crippen LogP contribution is -2.52. The van der Waals surface area contributed by atoms with Gasteiger partial charge in [0.05, 0.1) is 0 Å². The van der Waals surface area contributed by atoms with Crippen LogP contribution in [0.5, 0.6) is 0 Å². The lowest BCUT2D eigenvalue weighted by atomic mass is 9.54. The van der Waals surface area contributed by atoms with Crippen LogP contribution in [0.1, 0.15) is 124 Å². The van der Waals surface area contributed by atoms with E-state index in [0.29, 0.717) is 31.5 Å². The van der Waals surface area contributed by atoms with Crippen molar-refractivity contribution >= 4 is 15.8 Å². The average molecular weight is 457 g/mol. The largest absolute Gasteiger partial charge is 0.0951 e. The predicted octanol–water partition coefficient (Wildman–Crippen LogP) is 10.2. The maximum atomic E-state index is 2.71. The second kappa shape index (κ2) is 8.90. The van der Waals surface area contributed by atoms with Gasteiger partial charge in [0.25, 0.3) is 0 Å². The molecule has 0 nitrogen and oxygen atoms in total. The van der Waals surface area contributed by atoms with E-state index < -0.39 is 0 Å². The van der Waals surface area contributed by atoms with Gasteiger partial charge < -0.3 is 0 Å². The zero-order valence-electron chi connectivity index (χ0n) is 23.9. The van der Waals surface area contributed by atoms with Gasteiger partial charge in [0.1, 0.15) is 0 Å². The Hall–Kier alpha value is 0.860. The zero-order valence-corrected chi connectivity index (χ0v) is 25.7. The number of rotatable bonds is 4. The Balaban J connectivity index is 3.50. The van der Waals surface area contributed by atoms with Gasteiger partial charge in [-0.05, 0) is 68.5 Å². The Morgan fingerprint density at radius 3 is 0.900 bits per heavy atom. The van der Waals surface area contributed by atoms with Crippen LogP contribution in [0.25, 0.3) is 0 Å². The molecule has 0 radical (unpaired) electrons. The van der Waals surface area contributed by atoms with Gasteiger partial charge in [0.2, 0.25) is 0 Å². The van der Waals surface area contributed by atoms with Crippen molar-refractivity contribution in [2.24, 2.45) is 22.7 Å². The minimum Gasteiger partial charge on any atom is -0.0951 e. The summed E-state index contributed by atoms with van der Waals surface area (Å²) in [5.74, 6) is 1.69. The smallest absolute Gasteiger partial charge is 0.0174 e. The van der Waals surface area contributed by atoms with Crippen molar-refractivity contribution in [1.29, 1.82) is 0 Å². The quantitative estimate of drug-likeness (QED) is 0.369. The molecule has 1 aliphatic carbocycles. The molecule has 2 unspecified atom stereocenters. The Morgan fingerprint density at radius 1 is 0.533 bits per heavy atom. The third-order valence-electron chi connectivity index (χ3n) is 8.23. The first-order valence-corrected chi connectivity index (χ1v) is 15.5. The Kier molecular flexibility index (Phi) is 8.57. The van der Waals surface area contributed by atoms with E-state index in [1.54, 1.807) is 0 Å². The maximum absolute atomic E-state index is 2.71. The highest BCUT2D eigenvalue weighted by Crippen LogP contribution is 2.71. The predicted molar refractivity (Wildman–Crippen MR) is 146 cm³/mol. The Labute approximate surface area is 195 Å². The van der Waals surface area contributed by atoms with Crippen molar-refractivity contribution in [1.82, 2.24) is 0 Å². The van der Waals surface area contributed by atoms with Crippen LogP contribution in [-0.4, -0.2) is 32.9 Å². The van der Waals surface area contributed by atoms with Crippen molar-refractivity contribution in [2.45, 2.75) is 144 Å². The van der Waals surface area contributed by atoms with E-state index in [1.165, 1.54) is 25.2 Å². The molecule has 0 spiro atoms. The SMILES string of the molecule is CC1C[C@@](C)(CP(C(C)(C)C)C(C)(C)C)[C@@](C)(CP(C(C)(C)C)C(C)(C)C)CC1C. The minimum atomic E-state index is -0.0800. The normalized spacial score (nSPS) is 32.2. The first kappa shape index (κ1) is 28.9. The fourth-order valence-electron chi connectivity index (χ4n) is 6.49. The van der Waals surface area contributed by atoms with Gasteiger partial charge in [0.15, 0.2) is 0 Å². The summed E-state index contributed by atoms with van der Waals surface area (Å²) in [5, 5.41) is 1.62. The van der Waals surface area contributed by atoms with Crippen LogP contribution in [-0.2, 0) is 0 Å². The van der Waals surface area contributed by atoms with Crippen molar-refractivity contribution in [3.05, 3.63) is 0 Å². The molecule has 1 fully saturated rings. The third kappa shape index (κ3) is 6.69. The molecule has 4 atom stereocenters. The van der Waals surface area contributed by atoms with E-state index in [-0.39, 0.29) is 15.8 Å². The second-order valence-corrected chi connectivity index (χ2v) is 23.1. The summed E-state index contributed by atoms with van der Waals surface area (Å²) in [7, 11) is -0.160. The van der Waals surface area contributed by atoms with Crippen molar-refractivity contribution < 1.29 is 0 Å². The highest BCUT2D eigenvalue weighted by molar-refractivity contribution is 7.61. The molecule has 0 N–H and O–H groups in total. The summed E-state index contributed by atoms with van der Waals surface area (Å²) >= 11 is 0. The van der Waals surface area contributed by atoms with Crippen LogP contribution >= 0.6 is 15.8 Å². The molecule has 180 valence electrons. The fraction of sp³-hybridized carbons (Fsp3) is 1.00. The molecule has 0 aromatic heterocycles. The van der Waals surface area contributed by atoms with Gasteiger partial charge in [-0.2, -0.15) is 0 Å². The maximum Gasteiger partial charge on any atom is -0.0174 e. The molecule has 0 bridgehead atoms. The second-order valence-electron chi connectivity index (χ2n) is 15.3. The minimum absolute atomic E-state index is 0.0800. The van der Waals surface area contributed by atoms with E-state index in [9.17, 15) is 0 Å². The van der Waals surface area contributed by atoms with Crippen LogP contribution < -0.4 is 0 Å². The standard InChI is InChI=1S/C28H58P2/c1-21-17-27(15,19-29(23(3,4)5)24(6,7)8)28(16,18-22(21)2)20-30(25(9,10)11)26(12,13)14/h21-22H,17-20H2,1-16H3/t21?,22?,27-,28+. The summed E-state index contributed by atoms with van der Waals surface area (Å²) < 4.78 is 0. The van der Waals surface area contributed by atoms with E-state index in [2.05, 4.69) is 111 Å². The average Bonchev–Trinajstić information content (AvgIpc) is 2.44. The van der Waals surface area contributed by atoms with Crippen molar-refractivity contribution in [3.63, 3.8) is 0 Å². The topological polar surface area (TPSA) is 0 Å². The molecule has 0 aromatic rings. The molecule has 0 aliphatic heterocycles. The van der Waals surface area contributed by atoms with E-state index in [4.69, 9.17) is 0 Å². The molecule has 1 saturated carbocycles. The molecule has 30 heavy (non-hydrogen) atoms. The van der Waals surface area contributed by atoms with Crippen LogP contribution in [0.3, 0.4) is 0 Å². The summed E-state index contributed by atoms with van der Waals surface area (Å²) in [4.78, 5) is 0. The van der Waals surface area contributed by atoms with Crippen LogP contribution in [0.2, 0.25) is 0 Å². The molecular formula is C28H58P2. The van der Waals surface area contributed by atoms with Crippen LogP contribution in [0.15, 0.2) is 0 Å². The molecule has 0 saturated heterocycles. The van der Waals surface area contributed by atoms with Gasteiger partial charge in [-0.25, -0.2) is 0 Å². The monoisotopic (exact) mass is 456 g/mol. The third-order valence-corrected chi connectivity index (χ3v) is 16.7. The van der Waals surface area contributed by atoms with E-state index >= 15 is 0 Å². The zero-order chi connectivity index (χ0) is 24.1. The molecule has 0 heterocycles. The molecule has 1 aliphatic rings. The molecule has 0 aromatic carbocycles. The van der Waals surface area contributed by atoms with Crippen LogP contribution in [0.4, 0.5) is 0 Å². The van der Waals surface area contributed by atoms with Crippen LogP contribution in [0, 0.1) is 22.7 Å². The Morgan fingerprint density at radius 2 is 0.733 bits per heavy atom. The van der Waals surface area contributed by atoms with E-state index in [1.807, 2.05) is 0 Å². The Bertz CT molecular complexity index is 485. The summed E-state index contributed by atoms with van der Waals surface area (Å²) in [6.45, 7) is 40.6. The summed E-state index contributed by atoms with van der Waals surface area (Å²) in [5.41, 5.74) is 0.866. The van der Waals surface area contributed by atoms with Crippen molar-refractivity contribution in [3.8, 4) is 0 Å². The van der Waals surface area contributed by atoms with Gasteiger partial charge in [-0.1, -0.05) is 127 Å². The fourth-order valence-corrected chi connectivity index (χ4v) is 14.8. The lowest BCUT2D eigenvalue weighted by molar-refractivity contribution is -0.00132. The van der Waals surface area contributed by atoms with Crippen molar-refractivity contribution in [2.75, 3.05) is 12.3 Å². The molecular weight excluding hydrogens is 398 g/mol. The van der Waals surface area contributed by atoms with Gasteiger partial charge in [0, 0.05) is 0 Å². The number of hydrogen-bond donors (Lipinski definition) is 0. The first-order chi connectivity index (χ1) is 12.9. The van der Waals surface area contributed by atoms with Gasteiger partial charge in [-0.3, -0.25) is 0 Å². The molecule has 2 heteroatoms. The molecule has 0 amide bonds. The summed E-state index contributed by atoms with van der Waals surface area (Å²) in [6, 6.07) is 0. The lowest BCUT2D eigenvalue weighted by Gasteiger charge is -2.60. The van der Waals surface area contributed by atoms with Gasteiger partial charge in [-0.15, -0.1) is 0 Å². The number of hydrogen-bond acceptors (Lipinski definition) is 0. The highest BCUT2D eigenvalue weighted by atomic mass is 31.1. The van der Waals surface area contributed by atoms with Gasteiger partial charge >= 0.3 is 0 Å². The molecule has 1 rings (SSSR count). The van der Waals surface area contributed by atoms with E-state index in [0.717, 1.165) is 11.8 Å². The summed E-state index contributed by atoms with van der Waals surface area (Å²) in [6.07, 6.45) is 5.68. The first-order valence-electron chi connectivity index (χ1n) is 12.5.